The lowest BCUT2D eigenvalue weighted by molar-refractivity contribution is 0.122. The number of ether oxygens (including phenoxy) is 1. The van der Waals surface area contributed by atoms with E-state index in [9.17, 15) is 0 Å². The molecular formula is C10H15BrN2O2. The molecule has 0 saturated carbocycles. The lowest BCUT2D eigenvalue weighted by Crippen LogP contribution is -1.98. The molecule has 0 aromatic carbocycles. The van der Waals surface area contributed by atoms with E-state index in [0.29, 0.717) is 24.5 Å². The molecule has 0 N–H and O–H groups in total. The number of halogens is 1. The van der Waals surface area contributed by atoms with Gasteiger partial charge in [0, 0.05) is 0 Å². The normalized spacial score (nSPS) is 28.2. The molecule has 1 saturated heterocycles. The maximum Gasteiger partial charge on any atom is 0.230 e. The highest BCUT2D eigenvalue weighted by Crippen LogP contribution is 2.31. The van der Waals surface area contributed by atoms with Crippen molar-refractivity contribution in [2.24, 2.45) is 0 Å². The second kappa shape index (κ2) is 4.61. The Morgan fingerprint density at radius 3 is 2.93 bits per heavy atom. The van der Waals surface area contributed by atoms with Gasteiger partial charge in [-0.15, -0.1) is 10.2 Å². The summed E-state index contributed by atoms with van der Waals surface area (Å²) in [5, 5.41) is 8.11. The van der Waals surface area contributed by atoms with Crippen LogP contribution >= 0.6 is 15.9 Å². The zero-order valence-electron chi connectivity index (χ0n) is 8.94. The maximum atomic E-state index is 5.62. The van der Waals surface area contributed by atoms with E-state index < -0.39 is 0 Å². The van der Waals surface area contributed by atoms with Gasteiger partial charge in [-0.2, -0.15) is 0 Å². The van der Waals surface area contributed by atoms with Crippen LogP contribution in [0.2, 0.25) is 0 Å². The van der Waals surface area contributed by atoms with Crippen LogP contribution in [0.3, 0.4) is 0 Å². The maximum absolute atomic E-state index is 5.62. The molecule has 0 spiro atoms. The van der Waals surface area contributed by atoms with Gasteiger partial charge in [-0.05, 0) is 19.8 Å². The quantitative estimate of drug-likeness (QED) is 0.796. The average Bonchev–Trinajstić information content (AvgIpc) is 2.84. The molecule has 1 aromatic heterocycles. The van der Waals surface area contributed by atoms with E-state index >= 15 is 0 Å². The topological polar surface area (TPSA) is 48.2 Å². The van der Waals surface area contributed by atoms with Gasteiger partial charge in [0.15, 0.2) is 0 Å². The molecule has 1 aliphatic heterocycles. The van der Waals surface area contributed by atoms with Crippen molar-refractivity contribution < 1.29 is 9.15 Å². The zero-order chi connectivity index (χ0) is 10.8. The molecule has 1 aliphatic rings. The van der Waals surface area contributed by atoms with Crippen LogP contribution in [0.15, 0.2) is 4.42 Å². The molecule has 2 heterocycles. The van der Waals surface area contributed by atoms with Gasteiger partial charge in [-0.1, -0.05) is 22.9 Å². The molecular weight excluding hydrogens is 260 g/mol. The lowest BCUT2D eigenvalue weighted by atomic mass is 10.1. The van der Waals surface area contributed by atoms with Crippen LogP contribution in [-0.4, -0.2) is 22.9 Å². The third-order valence-electron chi connectivity index (χ3n) is 2.63. The van der Waals surface area contributed by atoms with Crippen molar-refractivity contribution in [2.75, 3.05) is 6.61 Å². The number of aromatic nitrogens is 2. The highest BCUT2D eigenvalue weighted by atomic mass is 79.9. The molecule has 0 amide bonds. The van der Waals surface area contributed by atoms with Crippen molar-refractivity contribution in [1.29, 1.82) is 0 Å². The standard InChI is InChI=1S/C10H15BrN2O2/c1-3-8(11)10-13-12-9(15-10)7-4-6(2)14-5-7/h6-8H,3-5H2,1-2H3. The van der Waals surface area contributed by atoms with Gasteiger partial charge in [0.1, 0.15) is 0 Å². The molecule has 0 radical (unpaired) electrons. The summed E-state index contributed by atoms with van der Waals surface area (Å²) in [6.07, 6.45) is 2.22. The van der Waals surface area contributed by atoms with Gasteiger partial charge in [0.05, 0.1) is 23.5 Å². The third kappa shape index (κ3) is 2.39. The van der Waals surface area contributed by atoms with Gasteiger partial charge in [-0.3, -0.25) is 0 Å². The first-order valence-corrected chi connectivity index (χ1v) is 6.21. The summed E-state index contributed by atoms with van der Waals surface area (Å²) in [6.45, 7) is 4.84. The molecule has 0 aliphatic carbocycles. The van der Waals surface area contributed by atoms with Crippen molar-refractivity contribution in [3.63, 3.8) is 0 Å². The van der Waals surface area contributed by atoms with Crippen molar-refractivity contribution >= 4 is 15.9 Å². The minimum Gasteiger partial charge on any atom is -0.424 e. The lowest BCUT2D eigenvalue weighted by Gasteiger charge is -2.01. The SMILES string of the molecule is CCC(Br)c1nnc(C2COC(C)C2)o1. The second-order valence-electron chi connectivity index (χ2n) is 3.93. The molecule has 3 unspecified atom stereocenters. The Morgan fingerprint density at radius 2 is 2.33 bits per heavy atom. The summed E-state index contributed by atoms with van der Waals surface area (Å²) in [6, 6.07) is 0. The van der Waals surface area contributed by atoms with Crippen molar-refractivity contribution in [3.8, 4) is 0 Å². The predicted molar refractivity (Wildman–Crippen MR) is 59.0 cm³/mol. The Hall–Kier alpha value is -0.420. The predicted octanol–water partition coefficient (Wildman–Crippen LogP) is 2.81. The summed E-state index contributed by atoms with van der Waals surface area (Å²) in [7, 11) is 0. The third-order valence-corrected chi connectivity index (χ3v) is 3.67. The van der Waals surface area contributed by atoms with E-state index in [2.05, 4.69) is 40.0 Å². The van der Waals surface area contributed by atoms with Crippen LogP contribution in [0.25, 0.3) is 0 Å². The minimum atomic E-state index is 0.165. The molecule has 4 nitrogen and oxygen atoms in total. The van der Waals surface area contributed by atoms with E-state index in [1.165, 1.54) is 0 Å². The van der Waals surface area contributed by atoms with E-state index in [1.807, 2.05) is 0 Å². The molecule has 1 fully saturated rings. The number of alkyl halides is 1. The van der Waals surface area contributed by atoms with Crippen LogP contribution < -0.4 is 0 Å². The van der Waals surface area contributed by atoms with Crippen molar-refractivity contribution in [1.82, 2.24) is 10.2 Å². The summed E-state index contributed by atoms with van der Waals surface area (Å²) < 4.78 is 11.1. The fourth-order valence-electron chi connectivity index (χ4n) is 1.70. The summed E-state index contributed by atoms with van der Waals surface area (Å²) in [5.41, 5.74) is 0. The first-order valence-electron chi connectivity index (χ1n) is 5.29. The van der Waals surface area contributed by atoms with Crippen LogP contribution in [0.4, 0.5) is 0 Å². The largest absolute Gasteiger partial charge is 0.424 e. The van der Waals surface area contributed by atoms with Crippen LogP contribution in [0.5, 0.6) is 0 Å². The fourth-order valence-corrected chi connectivity index (χ4v) is 1.89. The molecule has 84 valence electrons. The van der Waals surface area contributed by atoms with E-state index in [-0.39, 0.29) is 10.7 Å². The molecule has 3 atom stereocenters. The first kappa shape index (κ1) is 11.1. The van der Waals surface area contributed by atoms with Gasteiger partial charge in [-0.25, -0.2) is 0 Å². The van der Waals surface area contributed by atoms with E-state index in [4.69, 9.17) is 9.15 Å². The van der Waals surface area contributed by atoms with Crippen LogP contribution in [-0.2, 0) is 4.74 Å². The molecule has 5 heteroatoms. The molecule has 2 rings (SSSR count). The molecule has 0 bridgehead atoms. The summed E-state index contributed by atoms with van der Waals surface area (Å²) in [4.78, 5) is 0.165. The zero-order valence-corrected chi connectivity index (χ0v) is 10.5. The average molecular weight is 275 g/mol. The Morgan fingerprint density at radius 1 is 1.53 bits per heavy atom. The van der Waals surface area contributed by atoms with Crippen molar-refractivity contribution in [3.05, 3.63) is 11.8 Å². The van der Waals surface area contributed by atoms with Gasteiger partial charge < -0.3 is 9.15 Å². The Kier molecular flexibility index (Phi) is 3.41. The Balaban J connectivity index is 2.07. The first-order chi connectivity index (χ1) is 7.20. The Bertz CT molecular complexity index is 329. The second-order valence-corrected chi connectivity index (χ2v) is 5.04. The monoisotopic (exact) mass is 274 g/mol. The molecule has 1 aromatic rings. The highest BCUT2D eigenvalue weighted by molar-refractivity contribution is 9.09. The summed E-state index contributed by atoms with van der Waals surface area (Å²) >= 11 is 3.49. The Labute approximate surface area is 97.5 Å². The number of hydrogen-bond donors (Lipinski definition) is 0. The minimum absolute atomic E-state index is 0.165. The van der Waals surface area contributed by atoms with E-state index in [0.717, 1.165) is 12.8 Å². The van der Waals surface area contributed by atoms with E-state index in [1.54, 1.807) is 0 Å². The number of nitrogens with zero attached hydrogens (tertiary/aromatic N) is 2. The van der Waals surface area contributed by atoms with Gasteiger partial charge in [0.2, 0.25) is 11.8 Å². The van der Waals surface area contributed by atoms with Gasteiger partial charge >= 0.3 is 0 Å². The van der Waals surface area contributed by atoms with Crippen LogP contribution in [0, 0.1) is 0 Å². The number of hydrogen-bond acceptors (Lipinski definition) is 4. The van der Waals surface area contributed by atoms with Crippen molar-refractivity contribution in [2.45, 2.75) is 43.5 Å². The van der Waals surface area contributed by atoms with Crippen LogP contribution in [0.1, 0.15) is 49.2 Å². The van der Waals surface area contributed by atoms with Gasteiger partial charge in [0.25, 0.3) is 0 Å². The fraction of sp³-hybridized carbons (Fsp3) is 0.800. The molecule has 15 heavy (non-hydrogen) atoms. The smallest absolute Gasteiger partial charge is 0.230 e. The highest BCUT2D eigenvalue weighted by Gasteiger charge is 2.28. The number of rotatable bonds is 3. The summed E-state index contributed by atoms with van der Waals surface area (Å²) in [5.74, 6) is 1.66.